The van der Waals surface area contributed by atoms with Crippen molar-refractivity contribution in [1.29, 1.82) is 5.41 Å². The number of ether oxygens (including phenoxy) is 2. The Hall–Kier alpha value is -2.15. The molecule has 0 heterocycles. The lowest BCUT2D eigenvalue weighted by Crippen LogP contribution is -2.27. The van der Waals surface area contributed by atoms with Crippen molar-refractivity contribution >= 4 is 19.7 Å². The first kappa shape index (κ1) is 22.9. The highest BCUT2D eigenvalue weighted by Crippen LogP contribution is 2.42. The molecule has 27 heavy (non-hydrogen) atoms. The molecule has 0 saturated heterocycles. The zero-order valence-corrected chi connectivity index (χ0v) is 16.8. The molecule has 0 amide bonds. The van der Waals surface area contributed by atoms with Crippen LogP contribution in [0, 0.1) is 5.41 Å². The molecule has 1 aromatic carbocycles. The molecule has 1 unspecified atom stereocenters. The first-order valence-corrected chi connectivity index (χ1v) is 10.4. The van der Waals surface area contributed by atoms with Crippen LogP contribution in [0.15, 0.2) is 41.6 Å². The molecule has 0 fully saturated rings. The molecule has 0 saturated carbocycles. The second-order valence-electron chi connectivity index (χ2n) is 6.09. The van der Waals surface area contributed by atoms with Crippen molar-refractivity contribution in [2.24, 2.45) is 5.73 Å². The maximum Gasteiger partial charge on any atom is 0.342 e. The van der Waals surface area contributed by atoms with Gasteiger partial charge in [0.25, 0.3) is 0 Å². The number of nitrogens with one attached hydrogen (secondary N) is 2. The summed E-state index contributed by atoms with van der Waals surface area (Å²) in [5.74, 6) is -0.137. The maximum absolute atomic E-state index is 13.1. The Kier molecular flexibility index (Phi) is 9.78. The Morgan fingerprint density at radius 3 is 2.56 bits per heavy atom. The fourth-order valence-electron chi connectivity index (χ4n) is 2.00. The molecule has 9 heteroatoms. The second kappa shape index (κ2) is 11.5. The normalized spacial score (nSPS) is 14.2. The summed E-state index contributed by atoms with van der Waals surface area (Å²) in [6.45, 7) is 5.11. The SMILES string of the molecule is C/C(N)=C(\C=N)CCOCP(=O)(NCC(=O)OC(C)C)Oc1ccccc1. The monoisotopic (exact) mass is 397 g/mol. The van der Waals surface area contributed by atoms with Gasteiger partial charge in [-0.05, 0) is 44.9 Å². The fraction of sp³-hybridized carbons (Fsp3) is 0.444. The number of nitrogens with two attached hydrogens (primary N) is 1. The molecule has 0 aliphatic rings. The van der Waals surface area contributed by atoms with Crippen molar-refractivity contribution < 1.29 is 23.4 Å². The van der Waals surface area contributed by atoms with Crippen LogP contribution in [0.2, 0.25) is 0 Å². The van der Waals surface area contributed by atoms with E-state index >= 15 is 0 Å². The molecule has 0 aromatic heterocycles. The van der Waals surface area contributed by atoms with Crippen molar-refractivity contribution in [3.63, 3.8) is 0 Å². The standard InChI is InChI=1S/C18H28N3O5P/c1-14(2)25-18(22)12-21-27(23,26-17-7-5-4-6-8-17)13-24-10-9-16(11-19)15(3)20/h4-8,11,14,19H,9-10,12-13,20H2,1-3H3,(H,21,23)/b16-15+,19-11?. The number of benzene rings is 1. The minimum Gasteiger partial charge on any atom is -0.462 e. The predicted molar refractivity (Wildman–Crippen MR) is 105 cm³/mol. The first-order valence-electron chi connectivity index (χ1n) is 8.57. The highest BCUT2D eigenvalue weighted by Gasteiger charge is 2.26. The van der Waals surface area contributed by atoms with Crippen molar-refractivity contribution in [3.05, 3.63) is 41.6 Å². The van der Waals surface area contributed by atoms with Crippen molar-refractivity contribution in [2.75, 3.05) is 19.5 Å². The summed E-state index contributed by atoms with van der Waals surface area (Å²) in [6, 6.07) is 8.63. The number of rotatable bonds is 12. The molecule has 4 N–H and O–H groups in total. The van der Waals surface area contributed by atoms with Crippen molar-refractivity contribution in [3.8, 4) is 5.75 Å². The van der Waals surface area contributed by atoms with Gasteiger partial charge in [-0.15, -0.1) is 0 Å². The van der Waals surface area contributed by atoms with Gasteiger partial charge in [-0.25, -0.2) is 5.09 Å². The maximum atomic E-state index is 13.1. The van der Waals surface area contributed by atoms with Gasteiger partial charge in [0, 0.05) is 11.9 Å². The molecule has 0 aliphatic heterocycles. The second-order valence-corrected chi connectivity index (χ2v) is 8.20. The van der Waals surface area contributed by atoms with E-state index in [1.807, 2.05) is 6.07 Å². The highest BCUT2D eigenvalue weighted by molar-refractivity contribution is 7.57. The number of hydrogen-bond donors (Lipinski definition) is 3. The van der Waals surface area contributed by atoms with Crippen LogP contribution in [-0.4, -0.2) is 37.8 Å². The Bertz CT molecular complexity index is 687. The number of para-hydroxylation sites is 1. The first-order chi connectivity index (χ1) is 12.8. The minimum atomic E-state index is -3.51. The molecule has 150 valence electrons. The summed E-state index contributed by atoms with van der Waals surface area (Å²) < 4.78 is 29.1. The van der Waals surface area contributed by atoms with Gasteiger partial charge >= 0.3 is 13.5 Å². The number of carbonyl (C=O) groups excluding carboxylic acids is 1. The van der Waals surface area contributed by atoms with Gasteiger partial charge in [0.15, 0.2) is 0 Å². The molecule has 0 bridgehead atoms. The summed E-state index contributed by atoms with van der Waals surface area (Å²) in [4.78, 5) is 11.7. The zero-order valence-electron chi connectivity index (χ0n) is 15.9. The number of allylic oxidation sites excluding steroid dienone is 1. The van der Waals surface area contributed by atoms with Crippen LogP contribution >= 0.6 is 7.52 Å². The lowest BCUT2D eigenvalue weighted by Gasteiger charge is -2.20. The van der Waals surface area contributed by atoms with E-state index in [-0.39, 0.29) is 25.6 Å². The average Bonchev–Trinajstić information content (AvgIpc) is 2.60. The fourth-order valence-corrected chi connectivity index (χ4v) is 3.41. The average molecular weight is 397 g/mol. The Morgan fingerprint density at radius 1 is 1.33 bits per heavy atom. The summed E-state index contributed by atoms with van der Waals surface area (Å²) in [7, 11) is -3.51. The van der Waals surface area contributed by atoms with Gasteiger partial charge in [0.1, 0.15) is 18.6 Å². The minimum absolute atomic E-state index is 0.208. The lowest BCUT2D eigenvalue weighted by molar-refractivity contribution is -0.145. The van der Waals surface area contributed by atoms with Crippen molar-refractivity contribution in [2.45, 2.75) is 33.3 Å². The van der Waals surface area contributed by atoms with Crippen LogP contribution in [-0.2, 0) is 18.8 Å². The van der Waals surface area contributed by atoms with E-state index in [1.165, 1.54) is 6.21 Å². The number of carbonyl (C=O) groups is 1. The van der Waals surface area contributed by atoms with Gasteiger partial charge in [0.2, 0.25) is 0 Å². The van der Waals surface area contributed by atoms with E-state index in [1.54, 1.807) is 45.0 Å². The largest absolute Gasteiger partial charge is 0.462 e. The van der Waals surface area contributed by atoms with Crippen LogP contribution in [0.25, 0.3) is 0 Å². The topological polar surface area (TPSA) is 124 Å². The van der Waals surface area contributed by atoms with Gasteiger partial charge in [-0.2, -0.15) is 0 Å². The van der Waals surface area contributed by atoms with Gasteiger partial charge in [-0.3, -0.25) is 9.36 Å². The number of esters is 1. The van der Waals surface area contributed by atoms with Crippen LogP contribution in [0.1, 0.15) is 27.2 Å². The smallest absolute Gasteiger partial charge is 0.342 e. The third-order valence-corrected chi connectivity index (χ3v) is 4.95. The van der Waals surface area contributed by atoms with Crippen LogP contribution < -0.4 is 15.3 Å². The third-order valence-electron chi connectivity index (χ3n) is 3.29. The van der Waals surface area contributed by atoms with E-state index in [0.717, 1.165) is 0 Å². The van der Waals surface area contributed by atoms with Gasteiger partial charge in [0.05, 0.1) is 12.7 Å². The Balaban J connectivity index is 2.69. The zero-order chi connectivity index (χ0) is 20.3. The molecule has 0 spiro atoms. The summed E-state index contributed by atoms with van der Waals surface area (Å²) in [6.07, 6.45) is 1.06. The molecule has 1 atom stereocenters. The van der Waals surface area contributed by atoms with E-state index in [2.05, 4.69) is 5.09 Å². The molecular weight excluding hydrogens is 369 g/mol. The van der Waals surface area contributed by atoms with Crippen molar-refractivity contribution in [1.82, 2.24) is 5.09 Å². The van der Waals surface area contributed by atoms with E-state index in [9.17, 15) is 9.36 Å². The highest BCUT2D eigenvalue weighted by atomic mass is 31.2. The molecule has 1 rings (SSSR count). The van der Waals surface area contributed by atoms with Gasteiger partial charge in [-0.1, -0.05) is 18.2 Å². The van der Waals surface area contributed by atoms with Crippen LogP contribution in [0.5, 0.6) is 5.75 Å². The molecular formula is C18H28N3O5P. The molecule has 0 aliphatic carbocycles. The molecule has 1 aromatic rings. The predicted octanol–water partition coefficient (Wildman–Crippen LogP) is 3.05. The Labute approximate surface area is 160 Å². The van der Waals surface area contributed by atoms with Crippen LogP contribution in [0.4, 0.5) is 0 Å². The Morgan fingerprint density at radius 2 is 2.00 bits per heavy atom. The number of hydrogen-bond acceptors (Lipinski definition) is 7. The van der Waals surface area contributed by atoms with E-state index in [0.29, 0.717) is 23.4 Å². The molecule has 0 radical (unpaired) electrons. The lowest BCUT2D eigenvalue weighted by atomic mass is 10.2. The van der Waals surface area contributed by atoms with Gasteiger partial charge < -0.3 is 25.1 Å². The quantitative estimate of drug-likeness (QED) is 0.214. The summed E-state index contributed by atoms with van der Waals surface area (Å²) in [5.41, 5.74) is 6.84. The van der Waals surface area contributed by atoms with Crippen LogP contribution in [0.3, 0.4) is 0 Å². The summed E-state index contributed by atoms with van der Waals surface area (Å²) >= 11 is 0. The van der Waals surface area contributed by atoms with E-state index < -0.39 is 13.5 Å². The van der Waals surface area contributed by atoms with E-state index in [4.69, 9.17) is 25.1 Å². The molecule has 8 nitrogen and oxygen atoms in total. The summed E-state index contributed by atoms with van der Waals surface area (Å²) in [5, 5.41) is 9.93. The third kappa shape index (κ3) is 9.38.